The van der Waals surface area contributed by atoms with E-state index in [-0.39, 0.29) is 5.91 Å². The Morgan fingerprint density at radius 1 is 1.33 bits per heavy atom. The number of oxime groups is 1. The molecule has 0 unspecified atom stereocenters. The van der Waals surface area contributed by atoms with Crippen molar-refractivity contribution in [1.29, 1.82) is 0 Å². The number of halogens is 1. The number of amides is 1. The molecule has 0 radical (unpaired) electrons. The summed E-state index contributed by atoms with van der Waals surface area (Å²) in [5.74, 6) is -0.252. The van der Waals surface area contributed by atoms with Crippen LogP contribution in [0.2, 0.25) is 5.02 Å². The van der Waals surface area contributed by atoms with Gasteiger partial charge in [0.25, 0.3) is 5.91 Å². The number of rotatable bonds is 9. The van der Waals surface area contributed by atoms with Crippen molar-refractivity contribution in [2.45, 2.75) is 20.5 Å². The molecular weight excluding hydrogens is 290 g/mol. The van der Waals surface area contributed by atoms with Gasteiger partial charge in [0.1, 0.15) is 12.8 Å². The third-order valence-electron chi connectivity index (χ3n) is 3.01. The molecule has 1 aromatic carbocycles. The van der Waals surface area contributed by atoms with Crippen LogP contribution in [0.5, 0.6) is 0 Å². The van der Waals surface area contributed by atoms with E-state index in [4.69, 9.17) is 16.4 Å². The molecular formula is C15H22ClN3O2. The fraction of sp³-hybridized carbons (Fsp3) is 0.467. The van der Waals surface area contributed by atoms with E-state index in [1.54, 1.807) is 12.1 Å². The molecule has 0 bridgehead atoms. The van der Waals surface area contributed by atoms with Gasteiger partial charge in [-0.15, -0.1) is 0 Å². The summed E-state index contributed by atoms with van der Waals surface area (Å²) in [4.78, 5) is 18.8. The van der Waals surface area contributed by atoms with E-state index in [0.29, 0.717) is 18.2 Å². The molecule has 116 valence electrons. The summed E-state index contributed by atoms with van der Waals surface area (Å²) in [7, 11) is 0. The number of likely N-dealkylation sites (N-methyl/N-ethyl adjacent to an activating group) is 1. The van der Waals surface area contributed by atoms with E-state index in [1.807, 2.05) is 12.1 Å². The average Bonchev–Trinajstić information content (AvgIpc) is 2.50. The third kappa shape index (κ3) is 7.68. The highest BCUT2D eigenvalue weighted by Crippen LogP contribution is 2.10. The maximum atomic E-state index is 11.5. The van der Waals surface area contributed by atoms with Crippen molar-refractivity contribution in [2.75, 3.05) is 26.2 Å². The van der Waals surface area contributed by atoms with Crippen molar-refractivity contribution in [3.05, 3.63) is 34.9 Å². The Morgan fingerprint density at radius 3 is 2.62 bits per heavy atom. The minimum absolute atomic E-state index is 0.252. The molecule has 1 amide bonds. The van der Waals surface area contributed by atoms with E-state index in [1.165, 1.54) is 0 Å². The Balaban J connectivity index is 2.17. The largest absolute Gasteiger partial charge is 0.391 e. The average molecular weight is 312 g/mol. The zero-order chi connectivity index (χ0) is 15.5. The molecule has 0 aliphatic carbocycles. The predicted molar refractivity (Wildman–Crippen MR) is 85.5 cm³/mol. The molecule has 0 heterocycles. The van der Waals surface area contributed by atoms with Gasteiger partial charge in [0.15, 0.2) is 0 Å². The highest BCUT2D eigenvalue weighted by Gasteiger charge is 2.00. The van der Waals surface area contributed by atoms with E-state index in [0.717, 1.165) is 31.4 Å². The molecule has 0 saturated carbocycles. The van der Waals surface area contributed by atoms with Gasteiger partial charge in [-0.1, -0.05) is 42.7 Å². The van der Waals surface area contributed by atoms with Crippen molar-refractivity contribution in [3.63, 3.8) is 0 Å². The summed E-state index contributed by atoms with van der Waals surface area (Å²) < 4.78 is 0. The molecule has 0 atom stereocenters. The lowest BCUT2D eigenvalue weighted by atomic mass is 10.2. The molecule has 0 aromatic heterocycles. The lowest BCUT2D eigenvalue weighted by molar-refractivity contribution is -0.114. The molecule has 0 saturated heterocycles. The van der Waals surface area contributed by atoms with Crippen LogP contribution < -0.4 is 5.32 Å². The Bertz CT molecular complexity index is 445. The van der Waals surface area contributed by atoms with Crippen LogP contribution in [0.25, 0.3) is 0 Å². The summed E-state index contributed by atoms with van der Waals surface area (Å²) in [6, 6.07) is 7.26. The number of nitrogens with one attached hydrogen (secondary N) is 1. The van der Waals surface area contributed by atoms with Gasteiger partial charge in [0.2, 0.25) is 0 Å². The smallest absolute Gasteiger partial charge is 0.265 e. The highest BCUT2D eigenvalue weighted by molar-refractivity contribution is 6.30. The van der Waals surface area contributed by atoms with Gasteiger partial charge < -0.3 is 15.1 Å². The Labute approximate surface area is 130 Å². The molecule has 0 aliphatic heterocycles. The van der Waals surface area contributed by atoms with Crippen molar-refractivity contribution in [3.8, 4) is 0 Å². The number of hydrogen-bond acceptors (Lipinski definition) is 4. The van der Waals surface area contributed by atoms with E-state index in [2.05, 4.69) is 29.2 Å². The minimum Gasteiger partial charge on any atom is -0.391 e. The number of hydrogen-bond donors (Lipinski definition) is 1. The van der Waals surface area contributed by atoms with E-state index in [9.17, 15) is 4.79 Å². The topological polar surface area (TPSA) is 53.9 Å². The first-order valence-corrected chi connectivity index (χ1v) is 7.43. The maximum Gasteiger partial charge on any atom is 0.265 e. The summed E-state index contributed by atoms with van der Waals surface area (Å²) in [6.07, 6.45) is 1.15. The summed E-state index contributed by atoms with van der Waals surface area (Å²) >= 11 is 5.78. The molecule has 1 N–H and O–H groups in total. The monoisotopic (exact) mass is 311 g/mol. The molecule has 0 fully saturated rings. The Morgan fingerprint density at radius 2 is 2.00 bits per heavy atom. The zero-order valence-corrected chi connectivity index (χ0v) is 13.3. The van der Waals surface area contributed by atoms with Crippen LogP contribution in [0.4, 0.5) is 0 Å². The first-order chi connectivity index (χ1) is 10.2. The molecule has 0 spiro atoms. The van der Waals surface area contributed by atoms with Crippen molar-refractivity contribution < 1.29 is 9.63 Å². The number of benzene rings is 1. The summed E-state index contributed by atoms with van der Waals surface area (Å²) in [5.41, 5.74) is 0.943. The van der Waals surface area contributed by atoms with Gasteiger partial charge in [-0.05, 0) is 30.8 Å². The normalized spacial score (nSPS) is 11.0. The van der Waals surface area contributed by atoms with Crippen molar-refractivity contribution >= 4 is 23.7 Å². The second-order valence-corrected chi connectivity index (χ2v) is 4.89. The summed E-state index contributed by atoms with van der Waals surface area (Å²) in [6.45, 7) is 7.88. The minimum atomic E-state index is -0.252. The highest BCUT2D eigenvalue weighted by atomic mass is 35.5. The van der Waals surface area contributed by atoms with Crippen molar-refractivity contribution in [2.24, 2.45) is 5.16 Å². The number of carbonyl (C=O) groups excluding carboxylic acids is 1. The molecule has 1 rings (SSSR count). The predicted octanol–water partition coefficient (Wildman–Crippen LogP) is 2.30. The first-order valence-electron chi connectivity index (χ1n) is 7.05. The van der Waals surface area contributed by atoms with Crippen LogP contribution in [-0.4, -0.2) is 43.2 Å². The maximum absolute atomic E-state index is 11.5. The van der Waals surface area contributed by atoms with Gasteiger partial charge in [-0.25, -0.2) is 0 Å². The van der Waals surface area contributed by atoms with Gasteiger partial charge in [-0.3, -0.25) is 4.79 Å². The standard InChI is InChI=1S/C15H22ClN3O2/c1-3-19(4-2)10-9-17-15(20)11-18-21-12-13-5-7-14(16)8-6-13/h5-8,11H,3-4,9-10,12H2,1-2H3,(H,17,20)/b18-11+. The number of carbonyl (C=O) groups is 1. The Kier molecular flexibility index (Phi) is 8.47. The fourth-order valence-corrected chi connectivity index (χ4v) is 1.83. The lowest BCUT2D eigenvalue weighted by Crippen LogP contribution is -2.35. The quantitative estimate of drug-likeness (QED) is 0.562. The second kappa shape index (κ2) is 10.2. The lowest BCUT2D eigenvalue weighted by Gasteiger charge is -2.17. The van der Waals surface area contributed by atoms with Crippen LogP contribution in [0.3, 0.4) is 0 Å². The van der Waals surface area contributed by atoms with Crippen LogP contribution in [0, 0.1) is 0 Å². The fourth-order valence-electron chi connectivity index (χ4n) is 1.70. The zero-order valence-electron chi connectivity index (χ0n) is 12.5. The second-order valence-electron chi connectivity index (χ2n) is 4.45. The van der Waals surface area contributed by atoms with Crippen molar-refractivity contribution in [1.82, 2.24) is 10.2 Å². The van der Waals surface area contributed by atoms with Crippen LogP contribution in [-0.2, 0) is 16.2 Å². The van der Waals surface area contributed by atoms with Gasteiger partial charge in [-0.2, -0.15) is 0 Å². The van der Waals surface area contributed by atoms with Crippen LogP contribution >= 0.6 is 11.6 Å². The Hall–Kier alpha value is -1.59. The molecule has 1 aromatic rings. The molecule has 6 heteroatoms. The van der Waals surface area contributed by atoms with E-state index >= 15 is 0 Å². The molecule has 21 heavy (non-hydrogen) atoms. The molecule has 5 nitrogen and oxygen atoms in total. The van der Waals surface area contributed by atoms with Gasteiger partial charge >= 0.3 is 0 Å². The SMILES string of the molecule is CCN(CC)CCNC(=O)/C=N/OCc1ccc(Cl)cc1. The van der Waals surface area contributed by atoms with Gasteiger partial charge in [0, 0.05) is 18.1 Å². The van der Waals surface area contributed by atoms with Crippen LogP contribution in [0.1, 0.15) is 19.4 Å². The number of nitrogens with zero attached hydrogens (tertiary/aromatic N) is 2. The third-order valence-corrected chi connectivity index (χ3v) is 3.26. The molecule has 0 aliphatic rings. The van der Waals surface area contributed by atoms with E-state index < -0.39 is 0 Å². The summed E-state index contributed by atoms with van der Waals surface area (Å²) in [5, 5.41) is 7.08. The van der Waals surface area contributed by atoms with Gasteiger partial charge in [0.05, 0.1) is 0 Å². The van der Waals surface area contributed by atoms with Crippen LogP contribution in [0.15, 0.2) is 29.4 Å². The first kappa shape index (κ1) is 17.5.